The smallest absolute Gasteiger partial charge is 0.176 e. The summed E-state index contributed by atoms with van der Waals surface area (Å²) >= 11 is 0. The highest BCUT2D eigenvalue weighted by molar-refractivity contribution is 7.90. The van der Waals surface area contributed by atoms with Crippen LogP contribution in [0.25, 0.3) is 6.08 Å². The third kappa shape index (κ3) is 2.65. The predicted molar refractivity (Wildman–Crippen MR) is 68.6 cm³/mol. The lowest BCUT2D eigenvalue weighted by Crippen LogP contribution is -2.16. The Kier molecular flexibility index (Phi) is 3.58. The Balaban J connectivity index is 2.58. The zero-order valence-corrected chi connectivity index (χ0v) is 10.9. The highest BCUT2D eigenvalue weighted by atomic mass is 32.2. The van der Waals surface area contributed by atoms with E-state index in [1.165, 1.54) is 6.07 Å². The molecule has 2 N–H and O–H groups in total. The van der Waals surface area contributed by atoms with Gasteiger partial charge in [0.25, 0.3) is 0 Å². The lowest BCUT2D eigenvalue weighted by molar-refractivity contribution is 0.171. The monoisotopic (exact) mass is 269 g/mol. The van der Waals surface area contributed by atoms with Crippen LogP contribution >= 0.6 is 0 Å². The average Bonchev–Trinajstić information content (AvgIpc) is 2.34. The second kappa shape index (κ2) is 4.99. The number of ether oxygens (including phenoxy) is 2. The van der Waals surface area contributed by atoms with Crippen LogP contribution in [0.3, 0.4) is 0 Å². The minimum atomic E-state index is -3.32. The number of sulfone groups is 1. The Bertz CT molecular complexity index is 578. The summed E-state index contributed by atoms with van der Waals surface area (Å²) in [5.74, 6) is 1.02. The van der Waals surface area contributed by atoms with Gasteiger partial charge in [-0.05, 0) is 11.6 Å². The molecule has 0 radical (unpaired) electrons. The van der Waals surface area contributed by atoms with Gasteiger partial charge in [-0.1, -0.05) is 12.2 Å². The second-order valence-corrected chi connectivity index (χ2v) is 5.93. The predicted octanol–water partition coefficient (Wildman–Crippen LogP) is 0.833. The first-order chi connectivity index (χ1) is 8.52. The van der Waals surface area contributed by atoms with Crippen molar-refractivity contribution >= 4 is 15.9 Å². The van der Waals surface area contributed by atoms with Crippen LogP contribution in [0.5, 0.6) is 11.5 Å². The fraction of sp³-hybridized carbons (Fsp3) is 0.333. The van der Waals surface area contributed by atoms with Crippen LogP contribution in [0.1, 0.15) is 5.56 Å². The molecule has 18 heavy (non-hydrogen) atoms. The number of benzene rings is 1. The number of hydrogen-bond donors (Lipinski definition) is 1. The van der Waals surface area contributed by atoms with E-state index in [2.05, 4.69) is 0 Å². The fourth-order valence-corrected chi connectivity index (χ4v) is 2.61. The van der Waals surface area contributed by atoms with E-state index in [-0.39, 0.29) is 4.90 Å². The van der Waals surface area contributed by atoms with E-state index in [1.807, 2.05) is 0 Å². The molecule has 6 heteroatoms. The molecule has 1 aromatic carbocycles. The molecule has 1 aromatic rings. The van der Waals surface area contributed by atoms with Crippen molar-refractivity contribution in [3.8, 4) is 11.5 Å². The van der Waals surface area contributed by atoms with Crippen molar-refractivity contribution in [1.82, 2.24) is 0 Å². The summed E-state index contributed by atoms with van der Waals surface area (Å²) in [6.07, 6.45) is 4.53. The first-order valence-electron chi connectivity index (χ1n) is 5.52. The summed E-state index contributed by atoms with van der Waals surface area (Å²) in [4.78, 5) is 0.219. The summed E-state index contributed by atoms with van der Waals surface area (Å²) in [7, 11) is -3.32. The van der Waals surface area contributed by atoms with Crippen LogP contribution in [0.4, 0.5) is 0 Å². The van der Waals surface area contributed by atoms with Crippen LogP contribution in [0, 0.1) is 0 Å². The molecule has 98 valence electrons. The SMILES string of the molecule is CS(=O)(=O)c1cc2c(cc1/C=C/CN)OCCO2. The van der Waals surface area contributed by atoms with Gasteiger partial charge in [-0.3, -0.25) is 0 Å². The molecule has 0 atom stereocenters. The van der Waals surface area contributed by atoms with Crippen LogP contribution in [-0.2, 0) is 9.84 Å². The van der Waals surface area contributed by atoms with E-state index >= 15 is 0 Å². The van der Waals surface area contributed by atoms with E-state index in [1.54, 1.807) is 18.2 Å². The quantitative estimate of drug-likeness (QED) is 0.879. The lowest BCUT2D eigenvalue weighted by Gasteiger charge is -2.20. The summed E-state index contributed by atoms with van der Waals surface area (Å²) in [6, 6.07) is 3.16. The summed E-state index contributed by atoms with van der Waals surface area (Å²) in [5.41, 5.74) is 5.94. The maximum atomic E-state index is 11.7. The van der Waals surface area contributed by atoms with Crippen LogP contribution in [-0.4, -0.2) is 34.4 Å². The number of nitrogens with two attached hydrogens (primary N) is 1. The first kappa shape index (κ1) is 12.9. The average molecular weight is 269 g/mol. The molecule has 0 saturated carbocycles. The molecule has 1 aliphatic rings. The lowest BCUT2D eigenvalue weighted by atomic mass is 10.1. The molecule has 2 rings (SSSR count). The third-order valence-electron chi connectivity index (χ3n) is 2.51. The van der Waals surface area contributed by atoms with Gasteiger partial charge in [0.2, 0.25) is 0 Å². The largest absolute Gasteiger partial charge is 0.486 e. The van der Waals surface area contributed by atoms with Gasteiger partial charge in [-0.15, -0.1) is 0 Å². The molecular weight excluding hydrogens is 254 g/mol. The maximum Gasteiger partial charge on any atom is 0.176 e. The Hall–Kier alpha value is -1.53. The van der Waals surface area contributed by atoms with E-state index in [0.717, 1.165) is 6.26 Å². The van der Waals surface area contributed by atoms with Crippen molar-refractivity contribution in [3.05, 3.63) is 23.8 Å². The normalized spacial score (nSPS) is 15.0. The van der Waals surface area contributed by atoms with Gasteiger partial charge in [0.1, 0.15) is 13.2 Å². The number of rotatable bonds is 3. The van der Waals surface area contributed by atoms with Gasteiger partial charge in [-0.2, -0.15) is 0 Å². The molecule has 0 unspecified atom stereocenters. The van der Waals surface area contributed by atoms with Crippen molar-refractivity contribution in [1.29, 1.82) is 0 Å². The summed E-state index contributed by atoms with van der Waals surface area (Å²) in [6.45, 7) is 1.23. The van der Waals surface area contributed by atoms with Crippen LogP contribution in [0.15, 0.2) is 23.1 Å². The molecule has 1 aliphatic heterocycles. The minimum Gasteiger partial charge on any atom is -0.486 e. The molecule has 5 nitrogen and oxygen atoms in total. The van der Waals surface area contributed by atoms with Crippen molar-refractivity contribution in [3.63, 3.8) is 0 Å². The Labute approximate surface area is 106 Å². The topological polar surface area (TPSA) is 78.6 Å². The number of hydrogen-bond acceptors (Lipinski definition) is 5. The third-order valence-corrected chi connectivity index (χ3v) is 3.66. The minimum absolute atomic E-state index is 0.219. The van der Waals surface area contributed by atoms with E-state index in [4.69, 9.17) is 15.2 Å². The maximum absolute atomic E-state index is 11.7. The molecule has 0 amide bonds. The van der Waals surface area contributed by atoms with Gasteiger partial charge in [0.05, 0.1) is 4.90 Å². The number of fused-ring (bicyclic) bond motifs is 1. The van der Waals surface area contributed by atoms with Crippen molar-refractivity contribution in [2.45, 2.75) is 4.90 Å². The Morgan fingerprint density at radius 3 is 2.44 bits per heavy atom. The molecule has 1 heterocycles. The molecule has 0 aliphatic carbocycles. The molecule has 0 saturated heterocycles. The highest BCUT2D eigenvalue weighted by Crippen LogP contribution is 2.35. The molecule has 0 spiro atoms. The molecule has 0 fully saturated rings. The molecular formula is C12H15NO4S. The first-order valence-corrected chi connectivity index (χ1v) is 7.42. The van der Waals surface area contributed by atoms with Crippen molar-refractivity contribution in [2.75, 3.05) is 26.0 Å². The molecule has 0 bridgehead atoms. The Morgan fingerprint density at radius 2 is 1.89 bits per heavy atom. The second-order valence-electron chi connectivity index (χ2n) is 3.94. The Morgan fingerprint density at radius 1 is 1.28 bits per heavy atom. The van der Waals surface area contributed by atoms with Gasteiger partial charge >= 0.3 is 0 Å². The summed E-state index contributed by atoms with van der Waals surface area (Å²) in [5, 5.41) is 0. The van der Waals surface area contributed by atoms with Gasteiger partial charge in [0.15, 0.2) is 21.3 Å². The zero-order chi connectivity index (χ0) is 13.2. The van der Waals surface area contributed by atoms with E-state index in [9.17, 15) is 8.42 Å². The van der Waals surface area contributed by atoms with Crippen LogP contribution < -0.4 is 15.2 Å². The van der Waals surface area contributed by atoms with Gasteiger partial charge in [-0.25, -0.2) is 8.42 Å². The van der Waals surface area contributed by atoms with E-state index < -0.39 is 9.84 Å². The summed E-state index contributed by atoms with van der Waals surface area (Å²) < 4.78 is 34.3. The fourth-order valence-electron chi connectivity index (χ4n) is 1.73. The zero-order valence-electron chi connectivity index (χ0n) is 10.0. The van der Waals surface area contributed by atoms with Crippen LogP contribution in [0.2, 0.25) is 0 Å². The van der Waals surface area contributed by atoms with Gasteiger partial charge in [0, 0.05) is 18.9 Å². The van der Waals surface area contributed by atoms with Crippen molar-refractivity contribution in [2.24, 2.45) is 5.73 Å². The van der Waals surface area contributed by atoms with E-state index in [0.29, 0.717) is 36.8 Å². The van der Waals surface area contributed by atoms with Crippen molar-refractivity contribution < 1.29 is 17.9 Å². The standard InChI is InChI=1S/C12H15NO4S/c1-18(14,15)12-8-11-10(16-5-6-17-11)7-9(12)3-2-4-13/h2-3,7-8H,4-6,13H2,1H3/b3-2+. The van der Waals surface area contributed by atoms with Gasteiger partial charge < -0.3 is 15.2 Å². The highest BCUT2D eigenvalue weighted by Gasteiger charge is 2.19. The molecule has 0 aromatic heterocycles.